The fraction of sp³-hybridized carbons (Fsp3) is 0.409. The Balaban J connectivity index is 1.38. The first kappa shape index (κ1) is 20.9. The lowest BCUT2D eigenvalue weighted by Gasteiger charge is -2.15. The molecular weight excluding hydrogens is 398 g/mol. The molecule has 4 heterocycles. The minimum absolute atomic E-state index is 0.0963. The zero-order valence-electron chi connectivity index (χ0n) is 17.6. The first-order valence-electron chi connectivity index (χ1n) is 10.3. The van der Waals surface area contributed by atoms with Crippen molar-refractivity contribution in [1.29, 1.82) is 0 Å². The van der Waals surface area contributed by atoms with Gasteiger partial charge in [-0.1, -0.05) is 5.16 Å². The van der Waals surface area contributed by atoms with Crippen molar-refractivity contribution in [3.8, 4) is 17.1 Å². The Kier molecular flexibility index (Phi) is 6.51. The molecule has 31 heavy (non-hydrogen) atoms. The Hall–Kier alpha value is -3.33. The van der Waals surface area contributed by atoms with E-state index in [9.17, 15) is 4.79 Å². The third-order valence-electron chi connectivity index (χ3n) is 5.19. The maximum atomic E-state index is 12.4. The molecule has 3 aromatic rings. The second kappa shape index (κ2) is 9.65. The molecule has 9 heteroatoms. The molecule has 4 rings (SSSR count). The van der Waals surface area contributed by atoms with Crippen LogP contribution in [0.1, 0.15) is 46.8 Å². The number of carbonyl (C=O) groups is 1. The number of hydrogen-bond acceptors (Lipinski definition) is 8. The predicted octanol–water partition coefficient (Wildman–Crippen LogP) is 3.02. The average Bonchev–Trinajstić information content (AvgIpc) is 2.97. The average molecular weight is 423 g/mol. The lowest BCUT2D eigenvalue weighted by molar-refractivity contribution is 0.0923. The van der Waals surface area contributed by atoms with E-state index < -0.39 is 0 Å². The highest BCUT2D eigenvalue weighted by Gasteiger charge is 2.18. The number of nitrogens with one attached hydrogen (secondary N) is 1. The van der Waals surface area contributed by atoms with Gasteiger partial charge in [0.2, 0.25) is 5.88 Å². The van der Waals surface area contributed by atoms with Gasteiger partial charge in [-0.05, 0) is 51.3 Å². The molecule has 1 aliphatic heterocycles. The highest BCUT2D eigenvalue weighted by atomic mass is 16.5. The van der Waals surface area contributed by atoms with E-state index in [-0.39, 0.29) is 24.2 Å². The fourth-order valence-electron chi connectivity index (χ4n) is 3.37. The molecule has 1 unspecified atom stereocenters. The van der Waals surface area contributed by atoms with Crippen LogP contribution in [0.5, 0.6) is 5.88 Å². The van der Waals surface area contributed by atoms with Gasteiger partial charge in [-0.15, -0.1) is 10.2 Å². The first-order chi connectivity index (χ1) is 15.1. The van der Waals surface area contributed by atoms with Gasteiger partial charge in [0.15, 0.2) is 5.69 Å². The van der Waals surface area contributed by atoms with Gasteiger partial charge in [-0.25, -0.2) is 0 Å². The maximum Gasteiger partial charge on any atom is 0.272 e. The van der Waals surface area contributed by atoms with E-state index >= 15 is 0 Å². The third kappa shape index (κ3) is 5.24. The summed E-state index contributed by atoms with van der Waals surface area (Å²) in [5.74, 6) is 0.731. The summed E-state index contributed by atoms with van der Waals surface area (Å²) < 4.78 is 16.5. The number of rotatable bonds is 6. The molecule has 1 saturated heterocycles. The van der Waals surface area contributed by atoms with Crippen LogP contribution in [-0.2, 0) is 11.3 Å². The number of amides is 1. The van der Waals surface area contributed by atoms with Crippen LogP contribution in [0.3, 0.4) is 0 Å². The number of carbonyl (C=O) groups excluding carboxylic acids is 1. The zero-order chi connectivity index (χ0) is 21.6. The highest BCUT2D eigenvalue weighted by Crippen LogP contribution is 2.26. The Morgan fingerprint density at radius 3 is 2.84 bits per heavy atom. The quantitative estimate of drug-likeness (QED) is 0.644. The second-order valence-electron chi connectivity index (χ2n) is 7.51. The molecule has 1 amide bonds. The number of ether oxygens (including phenoxy) is 2. The summed E-state index contributed by atoms with van der Waals surface area (Å²) in [6, 6.07) is 7.20. The van der Waals surface area contributed by atoms with Gasteiger partial charge in [-0.3, -0.25) is 9.78 Å². The molecule has 162 valence electrons. The van der Waals surface area contributed by atoms with Crippen LogP contribution in [0.2, 0.25) is 0 Å². The van der Waals surface area contributed by atoms with Crippen LogP contribution in [-0.4, -0.2) is 45.5 Å². The van der Waals surface area contributed by atoms with Crippen molar-refractivity contribution >= 4 is 5.91 Å². The third-order valence-corrected chi connectivity index (χ3v) is 5.19. The number of aryl methyl sites for hydroxylation is 2. The smallest absolute Gasteiger partial charge is 0.272 e. The minimum Gasteiger partial charge on any atom is -0.472 e. The van der Waals surface area contributed by atoms with Gasteiger partial charge in [0.05, 0.1) is 5.56 Å². The van der Waals surface area contributed by atoms with Gasteiger partial charge in [0.1, 0.15) is 18.1 Å². The summed E-state index contributed by atoms with van der Waals surface area (Å²) in [7, 11) is 0. The van der Waals surface area contributed by atoms with E-state index in [0.717, 1.165) is 42.7 Å². The van der Waals surface area contributed by atoms with Crippen LogP contribution < -0.4 is 10.1 Å². The minimum atomic E-state index is -0.241. The Labute approximate surface area is 180 Å². The molecule has 0 spiro atoms. The number of pyridine rings is 1. The molecule has 9 nitrogen and oxygen atoms in total. The van der Waals surface area contributed by atoms with Gasteiger partial charge in [0, 0.05) is 42.8 Å². The van der Waals surface area contributed by atoms with Crippen molar-refractivity contribution < 1.29 is 18.8 Å². The van der Waals surface area contributed by atoms with Crippen LogP contribution in [0.15, 0.2) is 35.0 Å². The van der Waals surface area contributed by atoms with Crippen molar-refractivity contribution in [2.24, 2.45) is 0 Å². The molecule has 1 fully saturated rings. The van der Waals surface area contributed by atoms with Crippen LogP contribution in [0.4, 0.5) is 0 Å². The maximum absolute atomic E-state index is 12.4. The van der Waals surface area contributed by atoms with Gasteiger partial charge >= 0.3 is 0 Å². The second-order valence-corrected chi connectivity index (χ2v) is 7.51. The first-order valence-corrected chi connectivity index (χ1v) is 10.3. The summed E-state index contributed by atoms with van der Waals surface area (Å²) in [6.07, 6.45) is 4.39. The SMILES string of the molecule is Cc1ccc(-c2noc(C)c2COc2ccc(C(=O)NC3CCCOCC3)nn2)cn1. The van der Waals surface area contributed by atoms with Gasteiger partial charge in [-0.2, -0.15) is 0 Å². The van der Waals surface area contributed by atoms with Crippen molar-refractivity contribution in [1.82, 2.24) is 25.7 Å². The predicted molar refractivity (Wildman–Crippen MR) is 111 cm³/mol. The van der Waals surface area contributed by atoms with Crippen molar-refractivity contribution in [2.75, 3.05) is 13.2 Å². The van der Waals surface area contributed by atoms with Gasteiger partial charge in [0.25, 0.3) is 5.91 Å². The molecule has 0 bridgehead atoms. The highest BCUT2D eigenvalue weighted by molar-refractivity contribution is 5.92. The lowest BCUT2D eigenvalue weighted by Crippen LogP contribution is -2.35. The van der Waals surface area contributed by atoms with Crippen molar-refractivity contribution in [3.63, 3.8) is 0 Å². The monoisotopic (exact) mass is 423 g/mol. The zero-order valence-corrected chi connectivity index (χ0v) is 17.6. The molecule has 1 aliphatic rings. The van der Waals surface area contributed by atoms with E-state index in [4.69, 9.17) is 14.0 Å². The normalized spacial score (nSPS) is 16.5. The molecule has 3 aromatic heterocycles. The molecule has 1 atom stereocenters. The molecule has 0 aliphatic carbocycles. The van der Waals surface area contributed by atoms with E-state index in [1.807, 2.05) is 26.0 Å². The van der Waals surface area contributed by atoms with E-state index in [1.54, 1.807) is 18.3 Å². The number of nitrogens with zero attached hydrogens (tertiary/aromatic N) is 4. The Morgan fingerprint density at radius 1 is 1.16 bits per heavy atom. The van der Waals surface area contributed by atoms with Gasteiger partial charge < -0.3 is 19.3 Å². The standard InChI is InChI=1S/C22H25N5O4/c1-14-5-6-16(12-23-14)21-18(15(2)31-27-21)13-30-20-8-7-19(25-26-20)22(28)24-17-4-3-10-29-11-9-17/h5-8,12,17H,3-4,9-11,13H2,1-2H3,(H,24,28). The Bertz CT molecular complexity index is 1010. The van der Waals surface area contributed by atoms with E-state index in [1.165, 1.54) is 0 Å². The largest absolute Gasteiger partial charge is 0.472 e. The number of hydrogen-bond donors (Lipinski definition) is 1. The van der Waals surface area contributed by atoms with Crippen LogP contribution >= 0.6 is 0 Å². The van der Waals surface area contributed by atoms with Crippen LogP contribution in [0.25, 0.3) is 11.3 Å². The van der Waals surface area contributed by atoms with Crippen LogP contribution in [0, 0.1) is 13.8 Å². The molecule has 0 aromatic carbocycles. The van der Waals surface area contributed by atoms with Crippen molar-refractivity contribution in [3.05, 3.63) is 53.2 Å². The summed E-state index contributed by atoms with van der Waals surface area (Å²) in [5, 5.41) is 15.2. The summed E-state index contributed by atoms with van der Waals surface area (Å²) in [4.78, 5) is 16.7. The molecule has 0 saturated carbocycles. The van der Waals surface area contributed by atoms with Crippen molar-refractivity contribution in [2.45, 2.75) is 45.8 Å². The van der Waals surface area contributed by atoms with E-state index in [2.05, 4.69) is 25.7 Å². The topological polar surface area (TPSA) is 112 Å². The van der Waals surface area contributed by atoms with E-state index in [0.29, 0.717) is 23.9 Å². The molecule has 0 radical (unpaired) electrons. The molecular formula is C22H25N5O4. The summed E-state index contributed by atoms with van der Waals surface area (Å²) in [5.41, 5.74) is 3.52. The summed E-state index contributed by atoms with van der Waals surface area (Å²) >= 11 is 0. The fourth-order valence-corrected chi connectivity index (χ4v) is 3.37. The lowest BCUT2D eigenvalue weighted by atomic mass is 10.1. The summed E-state index contributed by atoms with van der Waals surface area (Å²) in [6.45, 7) is 5.36. The molecule has 1 N–H and O–H groups in total. The number of aromatic nitrogens is 4. The Morgan fingerprint density at radius 2 is 2.06 bits per heavy atom.